The van der Waals surface area contributed by atoms with E-state index in [-0.39, 0.29) is 24.2 Å². The highest BCUT2D eigenvalue weighted by Crippen LogP contribution is 2.19. The van der Waals surface area contributed by atoms with Gasteiger partial charge in [-0.15, -0.1) is 12.4 Å². The minimum atomic E-state index is -0.174. The van der Waals surface area contributed by atoms with Crippen LogP contribution in [0.2, 0.25) is 0 Å². The maximum Gasteiger partial charge on any atom is 0.255 e. The van der Waals surface area contributed by atoms with Crippen molar-refractivity contribution in [1.82, 2.24) is 4.90 Å². The molecule has 6 heteroatoms. The van der Waals surface area contributed by atoms with E-state index in [0.717, 1.165) is 24.1 Å². The van der Waals surface area contributed by atoms with Crippen LogP contribution >= 0.6 is 12.4 Å². The van der Waals surface area contributed by atoms with Gasteiger partial charge in [0.15, 0.2) is 0 Å². The molecule has 2 aromatic carbocycles. The third-order valence-electron chi connectivity index (χ3n) is 4.27. The van der Waals surface area contributed by atoms with Crippen molar-refractivity contribution in [2.24, 2.45) is 0 Å². The summed E-state index contributed by atoms with van der Waals surface area (Å²) in [5, 5.41) is 2.88. The highest BCUT2D eigenvalue weighted by molar-refractivity contribution is 6.04. The molecule has 0 saturated carbocycles. The number of hydrogen-bond acceptors (Lipinski definition) is 3. The first-order valence-electron chi connectivity index (χ1n) is 8.07. The average molecular weight is 360 g/mol. The van der Waals surface area contributed by atoms with Gasteiger partial charge < -0.3 is 16.0 Å². The van der Waals surface area contributed by atoms with Crippen molar-refractivity contribution in [2.75, 3.05) is 17.6 Å². The van der Waals surface area contributed by atoms with Crippen LogP contribution < -0.4 is 11.1 Å². The molecule has 0 aromatic heterocycles. The third-order valence-corrected chi connectivity index (χ3v) is 4.27. The van der Waals surface area contributed by atoms with E-state index >= 15 is 0 Å². The minimum Gasteiger partial charge on any atom is -0.399 e. The van der Waals surface area contributed by atoms with E-state index in [1.807, 2.05) is 30.0 Å². The first-order valence-corrected chi connectivity index (χ1v) is 8.07. The molecule has 0 bridgehead atoms. The molecule has 0 aliphatic carbocycles. The Labute approximate surface area is 153 Å². The van der Waals surface area contributed by atoms with E-state index in [1.54, 1.807) is 24.3 Å². The van der Waals surface area contributed by atoms with Crippen molar-refractivity contribution in [3.8, 4) is 0 Å². The topological polar surface area (TPSA) is 75.4 Å². The highest BCUT2D eigenvalue weighted by Gasteiger charge is 2.20. The van der Waals surface area contributed by atoms with E-state index in [4.69, 9.17) is 5.73 Å². The van der Waals surface area contributed by atoms with Crippen LogP contribution in [0.4, 0.5) is 11.4 Å². The molecule has 1 aliphatic rings. The molecule has 5 nitrogen and oxygen atoms in total. The number of aryl methyl sites for hydroxylation is 1. The van der Waals surface area contributed by atoms with E-state index in [9.17, 15) is 9.59 Å². The number of rotatable bonds is 4. The summed E-state index contributed by atoms with van der Waals surface area (Å²) in [4.78, 5) is 25.9. The first-order chi connectivity index (χ1) is 11.5. The van der Waals surface area contributed by atoms with Crippen LogP contribution in [0.1, 0.15) is 34.3 Å². The maximum absolute atomic E-state index is 12.4. The number of amides is 2. The smallest absolute Gasteiger partial charge is 0.255 e. The monoisotopic (exact) mass is 359 g/mol. The van der Waals surface area contributed by atoms with Crippen LogP contribution in [0.15, 0.2) is 42.5 Å². The van der Waals surface area contributed by atoms with E-state index in [1.165, 1.54) is 0 Å². The summed E-state index contributed by atoms with van der Waals surface area (Å²) >= 11 is 0. The van der Waals surface area contributed by atoms with E-state index in [2.05, 4.69) is 5.32 Å². The fraction of sp³-hybridized carbons (Fsp3) is 0.263. The molecule has 1 saturated heterocycles. The Morgan fingerprint density at radius 1 is 1.20 bits per heavy atom. The zero-order chi connectivity index (χ0) is 17.1. The lowest BCUT2D eigenvalue weighted by atomic mass is 10.1. The van der Waals surface area contributed by atoms with Crippen molar-refractivity contribution in [1.29, 1.82) is 0 Å². The zero-order valence-electron chi connectivity index (χ0n) is 14.1. The summed E-state index contributed by atoms with van der Waals surface area (Å²) in [6.07, 6.45) is 1.57. The molecule has 0 unspecified atom stereocenters. The number of nitrogens with one attached hydrogen (secondary N) is 1. The van der Waals surface area contributed by atoms with Crippen LogP contribution in [0.25, 0.3) is 0 Å². The Hall–Kier alpha value is -2.53. The van der Waals surface area contributed by atoms with Gasteiger partial charge in [0.05, 0.1) is 0 Å². The zero-order valence-corrected chi connectivity index (χ0v) is 14.9. The van der Waals surface area contributed by atoms with E-state index in [0.29, 0.717) is 29.9 Å². The quantitative estimate of drug-likeness (QED) is 0.822. The number of anilines is 2. The van der Waals surface area contributed by atoms with Crippen LogP contribution in [0.5, 0.6) is 0 Å². The van der Waals surface area contributed by atoms with Crippen molar-refractivity contribution < 1.29 is 9.59 Å². The predicted molar refractivity (Wildman–Crippen MR) is 102 cm³/mol. The van der Waals surface area contributed by atoms with Crippen molar-refractivity contribution in [3.05, 3.63) is 59.2 Å². The number of halogens is 1. The molecule has 1 aliphatic heterocycles. The standard InChI is InChI=1S/C19H21N3O2.ClH/c1-13-4-9-16(20)11-17(13)21-19(24)15-7-5-14(6-8-15)12-22-10-2-3-18(22)23;/h4-9,11H,2-3,10,12,20H2,1H3,(H,21,24);1H. The number of hydrogen-bond donors (Lipinski definition) is 2. The maximum atomic E-state index is 12.4. The van der Waals surface area contributed by atoms with Gasteiger partial charge in [-0.25, -0.2) is 0 Å². The Kier molecular flexibility index (Phi) is 6.04. The largest absolute Gasteiger partial charge is 0.399 e. The Morgan fingerprint density at radius 2 is 1.92 bits per heavy atom. The van der Waals surface area contributed by atoms with Crippen molar-refractivity contribution in [2.45, 2.75) is 26.3 Å². The number of nitrogen functional groups attached to an aromatic ring is 1. The molecule has 25 heavy (non-hydrogen) atoms. The lowest BCUT2D eigenvalue weighted by Crippen LogP contribution is -2.23. The summed E-state index contributed by atoms with van der Waals surface area (Å²) in [6.45, 7) is 3.34. The van der Waals surface area contributed by atoms with Crippen LogP contribution in [0, 0.1) is 6.92 Å². The number of likely N-dealkylation sites (tertiary alicyclic amines) is 1. The van der Waals surface area contributed by atoms with Gasteiger partial charge >= 0.3 is 0 Å². The second-order valence-electron chi connectivity index (χ2n) is 6.14. The molecule has 3 N–H and O–H groups in total. The van der Waals surface area contributed by atoms with Gasteiger partial charge in [0, 0.05) is 36.4 Å². The molecule has 0 radical (unpaired) electrons. The molecule has 1 heterocycles. The Bertz CT molecular complexity index is 775. The molecule has 2 amide bonds. The summed E-state index contributed by atoms with van der Waals surface area (Å²) < 4.78 is 0. The molecule has 1 fully saturated rings. The summed E-state index contributed by atoms with van der Waals surface area (Å²) in [5.41, 5.74) is 9.66. The van der Waals surface area contributed by atoms with Crippen LogP contribution in [-0.4, -0.2) is 23.3 Å². The van der Waals surface area contributed by atoms with Crippen LogP contribution in [-0.2, 0) is 11.3 Å². The second-order valence-corrected chi connectivity index (χ2v) is 6.14. The number of carbonyl (C=O) groups excluding carboxylic acids is 2. The lowest BCUT2D eigenvalue weighted by molar-refractivity contribution is -0.128. The lowest BCUT2D eigenvalue weighted by Gasteiger charge is -2.15. The molecule has 0 spiro atoms. The van der Waals surface area contributed by atoms with Gasteiger partial charge in [-0.1, -0.05) is 18.2 Å². The SMILES string of the molecule is Cc1ccc(N)cc1NC(=O)c1ccc(CN2CCCC2=O)cc1.Cl. The number of nitrogens with zero attached hydrogens (tertiary/aromatic N) is 1. The molecule has 0 atom stereocenters. The predicted octanol–water partition coefficient (Wildman–Crippen LogP) is 3.37. The Morgan fingerprint density at radius 3 is 2.56 bits per heavy atom. The molecular formula is C19H22ClN3O2. The molecule has 132 valence electrons. The number of carbonyl (C=O) groups is 2. The third kappa shape index (κ3) is 4.51. The van der Waals surface area contributed by atoms with Crippen molar-refractivity contribution >= 4 is 35.6 Å². The normalized spacial score (nSPS) is 13.5. The van der Waals surface area contributed by atoms with Gasteiger partial charge in [0.1, 0.15) is 0 Å². The molecule has 2 aromatic rings. The molecular weight excluding hydrogens is 338 g/mol. The first kappa shape index (κ1) is 18.8. The average Bonchev–Trinajstić information content (AvgIpc) is 2.96. The highest BCUT2D eigenvalue weighted by atomic mass is 35.5. The van der Waals surface area contributed by atoms with Gasteiger partial charge in [-0.3, -0.25) is 9.59 Å². The Balaban J connectivity index is 0.00000225. The van der Waals surface area contributed by atoms with Gasteiger partial charge in [0.25, 0.3) is 5.91 Å². The number of benzene rings is 2. The van der Waals surface area contributed by atoms with Crippen LogP contribution in [0.3, 0.4) is 0 Å². The van der Waals surface area contributed by atoms with Gasteiger partial charge in [-0.2, -0.15) is 0 Å². The molecule has 3 rings (SSSR count). The van der Waals surface area contributed by atoms with Gasteiger partial charge in [-0.05, 0) is 48.7 Å². The minimum absolute atomic E-state index is 0. The second kappa shape index (κ2) is 8.03. The van der Waals surface area contributed by atoms with E-state index < -0.39 is 0 Å². The summed E-state index contributed by atoms with van der Waals surface area (Å²) in [6, 6.07) is 12.8. The number of nitrogens with two attached hydrogens (primary N) is 1. The summed E-state index contributed by atoms with van der Waals surface area (Å²) in [7, 11) is 0. The van der Waals surface area contributed by atoms with Crippen molar-refractivity contribution in [3.63, 3.8) is 0 Å². The fourth-order valence-corrected chi connectivity index (χ4v) is 2.82. The summed E-state index contributed by atoms with van der Waals surface area (Å²) in [5.74, 6) is 0.0291. The van der Waals surface area contributed by atoms with Gasteiger partial charge in [0.2, 0.25) is 5.91 Å². The fourth-order valence-electron chi connectivity index (χ4n) is 2.82.